The van der Waals surface area contributed by atoms with Crippen molar-refractivity contribution in [3.05, 3.63) is 70.8 Å². The Hall–Kier alpha value is -3.13. The fraction of sp³-hybridized carbons (Fsp3) is 0.559. The Morgan fingerprint density at radius 2 is 1.62 bits per heavy atom. The Morgan fingerprint density at radius 1 is 0.979 bits per heavy atom. The molecule has 2 aromatic rings. The molecule has 3 amide bonds. The quantitative estimate of drug-likeness (QED) is 0.150. The van der Waals surface area contributed by atoms with E-state index in [1.54, 1.807) is 0 Å². The first-order chi connectivity index (χ1) is 22.3. The number of rotatable bonds is 19. The van der Waals surface area contributed by atoms with E-state index in [0.29, 0.717) is 38.3 Å². The molecule has 48 heavy (non-hydrogen) atoms. The standard InChI is InChI=1S/C34H48F2N4O6S.ClH/c1-4-8-27(9-5-2)47(45,46)21-30(40-33(43)28-12-13-32(42)38-28)34(44)39-29(17-24-15-25(35)18-26(36)16-24)31(41)20-37-19-23-11-7-10-22(6-3)14-23;/h7,10-11,14-16,18,27-31,37,41H,4-6,8-9,12-13,17,19-21H2,1-3H3,(H,38,42)(H,39,44)(H,40,43);1H/t28-,29+,30+,31-;/m1./s1. The zero-order chi connectivity index (χ0) is 34.6. The molecule has 0 radical (unpaired) electrons. The number of aliphatic hydroxyl groups is 1. The van der Waals surface area contributed by atoms with Crippen molar-refractivity contribution in [1.82, 2.24) is 21.3 Å². The van der Waals surface area contributed by atoms with E-state index < -0.39 is 68.5 Å². The van der Waals surface area contributed by atoms with Crippen LogP contribution in [0.3, 0.4) is 0 Å². The number of nitrogens with one attached hydrogen (secondary N) is 4. The number of aryl methyl sites for hydroxylation is 1. The normalized spacial score (nSPS) is 16.5. The highest BCUT2D eigenvalue weighted by Gasteiger charge is 2.36. The number of hydrogen-bond acceptors (Lipinski definition) is 7. The molecule has 14 heteroatoms. The molecule has 1 saturated heterocycles. The van der Waals surface area contributed by atoms with Crippen LogP contribution in [-0.2, 0) is 43.6 Å². The molecule has 1 aliphatic heterocycles. The monoisotopic (exact) mass is 714 g/mol. The SMILES string of the molecule is CCCC(CCC)S(=O)(=O)C[C@H](NC(=O)[C@H]1CCC(=O)N1)C(=O)N[C@@H](Cc1cc(F)cc(F)c1)[C@H](O)CNCc1cccc(CC)c1.Cl. The average Bonchev–Trinajstić information content (AvgIpc) is 3.46. The van der Waals surface area contributed by atoms with Gasteiger partial charge in [-0.3, -0.25) is 14.4 Å². The van der Waals surface area contributed by atoms with E-state index in [1.165, 1.54) is 0 Å². The highest BCUT2D eigenvalue weighted by molar-refractivity contribution is 7.92. The second-order valence-electron chi connectivity index (χ2n) is 12.2. The lowest BCUT2D eigenvalue weighted by Gasteiger charge is -2.28. The number of carbonyl (C=O) groups is 3. The summed E-state index contributed by atoms with van der Waals surface area (Å²) in [5.74, 6) is -4.27. The Kier molecular flexibility index (Phi) is 16.9. The van der Waals surface area contributed by atoms with Crippen LogP contribution in [-0.4, -0.2) is 73.0 Å². The lowest BCUT2D eigenvalue weighted by atomic mass is 10.00. The van der Waals surface area contributed by atoms with Crippen LogP contribution in [0.2, 0.25) is 0 Å². The number of halogens is 3. The van der Waals surface area contributed by atoms with Gasteiger partial charge in [-0.15, -0.1) is 12.4 Å². The molecule has 3 rings (SSSR count). The Bertz CT molecular complexity index is 1460. The van der Waals surface area contributed by atoms with Gasteiger partial charge in [0.15, 0.2) is 9.84 Å². The number of carbonyl (C=O) groups excluding carboxylic acids is 3. The fourth-order valence-electron chi connectivity index (χ4n) is 5.80. The van der Waals surface area contributed by atoms with Gasteiger partial charge in [-0.2, -0.15) is 0 Å². The molecule has 4 atom stereocenters. The van der Waals surface area contributed by atoms with Crippen molar-refractivity contribution in [3.63, 3.8) is 0 Å². The van der Waals surface area contributed by atoms with Gasteiger partial charge in [-0.05, 0) is 60.9 Å². The number of benzene rings is 2. The molecule has 1 fully saturated rings. The molecule has 268 valence electrons. The van der Waals surface area contributed by atoms with Crippen LogP contribution in [0.15, 0.2) is 42.5 Å². The van der Waals surface area contributed by atoms with E-state index in [1.807, 2.05) is 45.0 Å². The van der Waals surface area contributed by atoms with Crippen molar-refractivity contribution in [2.45, 2.75) is 108 Å². The highest BCUT2D eigenvalue weighted by Crippen LogP contribution is 2.18. The Labute approximate surface area is 288 Å². The predicted octanol–water partition coefficient (Wildman–Crippen LogP) is 3.27. The Morgan fingerprint density at radius 3 is 2.21 bits per heavy atom. The minimum atomic E-state index is -3.88. The molecule has 0 bridgehead atoms. The molecule has 0 unspecified atom stereocenters. The van der Waals surface area contributed by atoms with E-state index in [-0.39, 0.29) is 49.7 Å². The fourth-order valence-corrected chi connectivity index (χ4v) is 7.96. The molecule has 10 nitrogen and oxygen atoms in total. The summed E-state index contributed by atoms with van der Waals surface area (Å²) in [5.41, 5.74) is 2.28. The largest absolute Gasteiger partial charge is 0.390 e. The third kappa shape index (κ3) is 12.7. The lowest BCUT2D eigenvalue weighted by molar-refractivity contribution is -0.130. The summed E-state index contributed by atoms with van der Waals surface area (Å²) in [6.07, 6.45) is 1.70. The summed E-state index contributed by atoms with van der Waals surface area (Å²) in [6.45, 7) is 6.15. The number of amides is 3. The smallest absolute Gasteiger partial charge is 0.243 e. The highest BCUT2D eigenvalue weighted by atomic mass is 35.5. The molecule has 0 aromatic heterocycles. The molecule has 0 aliphatic carbocycles. The molecule has 2 aromatic carbocycles. The molecule has 0 spiro atoms. The van der Waals surface area contributed by atoms with Gasteiger partial charge >= 0.3 is 0 Å². The van der Waals surface area contributed by atoms with Crippen LogP contribution in [0, 0.1) is 11.6 Å². The second kappa shape index (κ2) is 19.8. The van der Waals surface area contributed by atoms with Crippen LogP contribution in [0.25, 0.3) is 0 Å². The van der Waals surface area contributed by atoms with Gasteiger partial charge in [-0.1, -0.05) is 57.9 Å². The lowest BCUT2D eigenvalue weighted by Crippen LogP contribution is -2.58. The van der Waals surface area contributed by atoms with Gasteiger partial charge in [0.1, 0.15) is 23.7 Å². The molecule has 1 aliphatic rings. The van der Waals surface area contributed by atoms with Gasteiger partial charge in [0.25, 0.3) is 0 Å². The maximum Gasteiger partial charge on any atom is 0.243 e. The number of hydrogen-bond donors (Lipinski definition) is 5. The first kappa shape index (κ1) is 41.0. The van der Waals surface area contributed by atoms with Gasteiger partial charge in [0.2, 0.25) is 17.7 Å². The first-order valence-electron chi connectivity index (χ1n) is 16.4. The zero-order valence-corrected chi connectivity index (χ0v) is 29.4. The summed E-state index contributed by atoms with van der Waals surface area (Å²) in [6, 6.07) is 7.19. The van der Waals surface area contributed by atoms with Gasteiger partial charge in [0, 0.05) is 25.6 Å². The third-order valence-corrected chi connectivity index (χ3v) is 10.6. The summed E-state index contributed by atoms with van der Waals surface area (Å²) in [5, 5.41) is 21.4. The molecule has 1 heterocycles. The van der Waals surface area contributed by atoms with Gasteiger partial charge < -0.3 is 26.4 Å². The van der Waals surface area contributed by atoms with Gasteiger partial charge in [0.05, 0.1) is 23.1 Å². The van der Waals surface area contributed by atoms with Crippen molar-refractivity contribution in [2.75, 3.05) is 12.3 Å². The summed E-state index contributed by atoms with van der Waals surface area (Å²) >= 11 is 0. The van der Waals surface area contributed by atoms with Gasteiger partial charge in [-0.25, -0.2) is 17.2 Å². The summed E-state index contributed by atoms with van der Waals surface area (Å²) < 4.78 is 55.3. The van der Waals surface area contributed by atoms with E-state index >= 15 is 0 Å². The van der Waals surface area contributed by atoms with Crippen LogP contribution >= 0.6 is 12.4 Å². The molecule has 5 N–H and O–H groups in total. The van der Waals surface area contributed by atoms with Crippen LogP contribution in [0.5, 0.6) is 0 Å². The predicted molar refractivity (Wildman–Crippen MR) is 183 cm³/mol. The zero-order valence-electron chi connectivity index (χ0n) is 27.8. The number of aliphatic hydroxyl groups excluding tert-OH is 1. The second-order valence-corrected chi connectivity index (χ2v) is 14.5. The van der Waals surface area contributed by atoms with E-state index in [0.717, 1.165) is 29.7 Å². The van der Waals surface area contributed by atoms with Crippen LogP contribution < -0.4 is 21.3 Å². The van der Waals surface area contributed by atoms with Crippen molar-refractivity contribution in [3.8, 4) is 0 Å². The van der Waals surface area contributed by atoms with E-state index in [4.69, 9.17) is 0 Å². The van der Waals surface area contributed by atoms with Crippen molar-refractivity contribution in [2.24, 2.45) is 0 Å². The minimum Gasteiger partial charge on any atom is -0.390 e. The van der Waals surface area contributed by atoms with Crippen molar-refractivity contribution < 1.29 is 36.7 Å². The van der Waals surface area contributed by atoms with Crippen LogP contribution in [0.4, 0.5) is 8.78 Å². The first-order valence-corrected chi connectivity index (χ1v) is 18.1. The van der Waals surface area contributed by atoms with E-state index in [9.17, 15) is 36.7 Å². The topological polar surface area (TPSA) is 154 Å². The van der Waals surface area contributed by atoms with Crippen molar-refractivity contribution in [1.29, 1.82) is 0 Å². The minimum absolute atomic E-state index is 0. The van der Waals surface area contributed by atoms with Crippen LogP contribution in [0.1, 0.15) is 76.0 Å². The maximum atomic E-state index is 14.1. The third-order valence-electron chi connectivity index (χ3n) is 8.33. The molecular formula is C34H49ClF2N4O6S. The maximum absolute atomic E-state index is 14.1. The van der Waals surface area contributed by atoms with Crippen molar-refractivity contribution >= 4 is 40.0 Å². The Balaban J connectivity index is 0.00000800. The number of sulfone groups is 1. The summed E-state index contributed by atoms with van der Waals surface area (Å²) in [4.78, 5) is 38.6. The average molecular weight is 715 g/mol. The summed E-state index contributed by atoms with van der Waals surface area (Å²) in [7, 11) is -3.88. The van der Waals surface area contributed by atoms with E-state index in [2.05, 4.69) is 21.3 Å². The molecular weight excluding hydrogens is 666 g/mol. The molecule has 0 saturated carbocycles.